The molecule has 1 unspecified atom stereocenters. The topological polar surface area (TPSA) is 132 Å². The first kappa shape index (κ1) is 39.5. The minimum Gasteiger partial charge on any atom is -1.00 e. The molecule has 0 aromatic heterocycles. The van der Waals surface area contributed by atoms with Crippen molar-refractivity contribution in [3.05, 3.63) is 0 Å². The van der Waals surface area contributed by atoms with Crippen molar-refractivity contribution >= 4 is 17.9 Å². The quantitative estimate of drug-likeness (QED) is 0.103. The maximum absolute atomic E-state index is 10.3. The average molecular weight is 511 g/mol. The van der Waals surface area contributed by atoms with E-state index in [4.69, 9.17) is 15.3 Å². The fourth-order valence-corrected chi connectivity index (χ4v) is 3.93. The van der Waals surface area contributed by atoms with Crippen LogP contribution in [0.4, 0.5) is 0 Å². The van der Waals surface area contributed by atoms with Gasteiger partial charge in [0.1, 0.15) is 0 Å². The van der Waals surface area contributed by atoms with Crippen molar-refractivity contribution in [3.8, 4) is 0 Å². The molecule has 210 valence electrons. The molecule has 7 nitrogen and oxygen atoms in total. The van der Waals surface area contributed by atoms with Crippen LogP contribution < -0.4 is 18.9 Å². The first-order chi connectivity index (χ1) is 16.8. The van der Waals surface area contributed by atoms with Gasteiger partial charge in [0.25, 0.3) is 0 Å². The second-order valence-corrected chi connectivity index (χ2v) is 9.67. The maximum Gasteiger partial charge on any atom is 1.00 e. The largest absolute Gasteiger partial charge is 1.00 e. The van der Waals surface area contributed by atoms with E-state index in [-0.39, 0.29) is 39.2 Å². The molecule has 0 rings (SSSR count). The Balaban J connectivity index is -0.000000300. The van der Waals surface area contributed by atoms with E-state index in [9.17, 15) is 19.5 Å². The summed E-state index contributed by atoms with van der Waals surface area (Å²) in [6.45, 7) is 2.21. The molecule has 0 aliphatic carbocycles. The summed E-state index contributed by atoms with van der Waals surface area (Å²) >= 11 is 0. The van der Waals surface area contributed by atoms with E-state index in [2.05, 4.69) is 6.92 Å². The summed E-state index contributed by atoms with van der Waals surface area (Å²) in [7, 11) is 0. The van der Waals surface area contributed by atoms with Gasteiger partial charge in [-0.3, -0.25) is 14.4 Å². The third-order valence-electron chi connectivity index (χ3n) is 6.10. The molecule has 0 aliphatic heterocycles. The summed E-state index contributed by atoms with van der Waals surface area (Å²) in [5, 5.41) is 35.1. The summed E-state index contributed by atoms with van der Waals surface area (Å²) in [6.07, 6.45) is 22.1. The second-order valence-electron chi connectivity index (χ2n) is 9.67. The van der Waals surface area contributed by atoms with Crippen molar-refractivity contribution in [2.75, 3.05) is 0 Å². The first-order valence-corrected chi connectivity index (χ1v) is 14.1. The van der Waals surface area contributed by atoms with Gasteiger partial charge in [0.05, 0.1) is 6.10 Å². The third kappa shape index (κ3) is 40.1. The minimum absolute atomic E-state index is 0. The van der Waals surface area contributed by atoms with E-state index in [0.717, 1.165) is 77.0 Å². The Kier molecular flexibility index (Phi) is 35.1. The normalized spacial score (nSPS) is 11.2. The fraction of sp³-hybridized carbons (Fsp3) is 0.893. The van der Waals surface area contributed by atoms with Gasteiger partial charge in [-0.25, -0.2) is 0 Å². The Morgan fingerprint density at radius 2 is 0.750 bits per heavy atom. The Morgan fingerprint density at radius 1 is 0.500 bits per heavy atom. The Morgan fingerprint density at radius 3 is 1.03 bits per heavy atom. The van der Waals surface area contributed by atoms with Gasteiger partial charge in [-0.1, -0.05) is 103 Å². The first-order valence-electron chi connectivity index (χ1n) is 14.1. The summed E-state index contributed by atoms with van der Waals surface area (Å²) in [4.78, 5) is 30.6. The van der Waals surface area contributed by atoms with Gasteiger partial charge in [0.2, 0.25) is 0 Å². The van der Waals surface area contributed by atoms with E-state index in [1.807, 2.05) is 0 Å². The zero-order valence-corrected chi connectivity index (χ0v) is 23.4. The molecule has 0 aromatic carbocycles. The van der Waals surface area contributed by atoms with Crippen LogP contribution in [0.3, 0.4) is 0 Å². The van der Waals surface area contributed by atoms with Crippen LogP contribution in [0.15, 0.2) is 0 Å². The Labute approximate surface area is 233 Å². The summed E-state index contributed by atoms with van der Waals surface area (Å²) in [5.41, 5.74) is 0. The van der Waals surface area contributed by atoms with Gasteiger partial charge in [-0.15, -0.1) is 0 Å². The monoisotopic (exact) mass is 510 g/mol. The number of carboxylic acids is 3. The van der Waals surface area contributed by atoms with Crippen molar-refractivity contribution < 1.29 is 55.1 Å². The van der Waals surface area contributed by atoms with Crippen LogP contribution in [0, 0.1) is 0 Å². The number of rotatable bonds is 25. The van der Waals surface area contributed by atoms with Crippen molar-refractivity contribution in [2.24, 2.45) is 0 Å². The molecular weight excluding hydrogens is 455 g/mol. The van der Waals surface area contributed by atoms with E-state index in [1.165, 1.54) is 51.4 Å². The molecule has 0 amide bonds. The van der Waals surface area contributed by atoms with Crippen LogP contribution in [-0.4, -0.2) is 44.4 Å². The predicted molar refractivity (Wildman–Crippen MR) is 142 cm³/mol. The van der Waals surface area contributed by atoms with E-state index >= 15 is 0 Å². The van der Waals surface area contributed by atoms with Crippen molar-refractivity contribution in [3.63, 3.8) is 0 Å². The number of carboxylic acid groups (broad SMARTS) is 3. The smallest absolute Gasteiger partial charge is 1.00 e. The minimum atomic E-state index is -0.740. The van der Waals surface area contributed by atoms with Crippen LogP contribution in [0.5, 0.6) is 0 Å². The van der Waals surface area contributed by atoms with Gasteiger partial charge in [-0.05, 0) is 32.1 Å². The molecule has 0 spiro atoms. The zero-order valence-electron chi connectivity index (χ0n) is 24.4. The summed E-state index contributed by atoms with van der Waals surface area (Å²) < 4.78 is 0. The predicted octanol–water partition coefficient (Wildman–Crippen LogP) is 4.70. The molecule has 0 heterocycles. The summed E-state index contributed by atoms with van der Waals surface area (Å²) in [6, 6.07) is 0. The molecule has 4 N–H and O–H groups in total. The number of carbonyl (C=O) groups is 3. The van der Waals surface area contributed by atoms with Crippen LogP contribution in [0.1, 0.15) is 156 Å². The molecule has 8 heteroatoms. The number of aliphatic carboxylic acids is 3. The van der Waals surface area contributed by atoms with Crippen molar-refractivity contribution in [1.82, 2.24) is 0 Å². The molecule has 0 fully saturated rings. The van der Waals surface area contributed by atoms with Crippen LogP contribution in [-0.2, 0) is 14.4 Å². The molecular formula is C28H55LiO7. The van der Waals surface area contributed by atoms with Gasteiger partial charge in [-0.2, -0.15) is 0 Å². The molecule has 0 bridgehead atoms. The van der Waals surface area contributed by atoms with Crippen LogP contribution in [0.2, 0.25) is 0 Å². The zero-order chi connectivity index (χ0) is 26.6. The average Bonchev–Trinajstić information content (AvgIpc) is 2.79. The summed E-state index contributed by atoms with van der Waals surface area (Å²) in [5.74, 6) is -2.16. The number of hydrogen-bond acceptors (Lipinski definition) is 4. The maximum atomic E-state index is 10.3. The van der Waals surface area contributed by atoms with E-state index in [1.54, 1.807) is 0 Å². The Hall–Kier alpha value is -1.03. The van der Waals surface area contributed by atoms with E-state index < -0.39 is 17.9 Å². The van der Waals surface area contributed by atoms with Gasteiger partial charge in [0, 0.05) is 19.3 Å². The number of unbranched alkanes of at least 4 members (excludes halogenated alkanes) is 15. The third-order valence-corrected chi connectivity index (χ3v) is 6.10. The SMILES string of the molecule is CCCCCCC(O)CCCCCCCCCCC(=O)O.O=C(O)CCCCCCCCC(=O)O.[H-].[Li+]. The molecule has 0 aromatic rings. The number of hydrogen-bond donors (Lipinski definition) is 4. The van der Waals surface area contributed by atoms with Gasteiger partial charge in [0.15, 0.2) is 0 Å². The molecule has 36 heavy (non-hydrogen) atoms. The Bertz CT molecular complexity index is 487. The molecule has 0 saturated carbocycles. The van der Waals surface area contributed by atoms with Crippen molar-refractivity contribution in [2.45, 2.75) is 161 Å². The van der Waals surface area contributed by atoms with Crippen LogP contribution >= 0.6 is 0 Å². The standard InChI is InChI=1S/C18H36O3.C10H18O4.Li.H/c1-2-3-4-11-14-17(19)15-12-9-7-5-6-8-10-13-16-18(20)21;11-9(12)7-5-3-1-2-4-6-8-10(13)14;;/h17,19H,2-16H2,1H3,(H,20,21);1-8H2,(H,11,12)(H,13,14);;/q;;+1;-1. The van der Waals surface area contributed by atoms with Gasteiger partial charge >= 0.3 is 36.8 Å². The second kappa shape index (κ2) is 32.0. The number of aliphatic hydroxyl groups excluding tert-OH is 1. The molecule has 0 saturated heterocycles. The van der Waals surface area contributed by atoms with Crippen molar-refractivity contribution in [1.29, 1.82) is 0 Å². The molecule has 1 atom stereocenters. The molecule has 0 radical (unpaired) electrons. The number of aliphatic hydroxyl groups is 1. The fourth-order valence-electron chi connectivity index (χ4n) is 3.93. The van der Waals surface area contributed by atoms with Gasteiger partial charge < -0.3 is 21.9 Å². The van der Waals surface area contributed by atoms with Crippen LogP contribution in [0.25, 0.3) is 0 Å². The van der Waals surface area contributed by atoms with E-state index in [0.29, 0.717) is 6.42 Å². The molecule has 0 aliphatic rings.